The highest BCUT2D eigenvalue weighted by atomic mass is 79.9. The van der Waals surface area contributed by atoms with Crippen LogP contribution in [0.1, 0.15) is 23.7 Å². The first-order valence-corrected chi connectivity index (χ1v) is 5.19. The number of hydrogen-bond acceptors (Lipinski definition) is 2. The van der Waals surface area contributed by atoms with E-state index in [1.165, 1.54) is 0 Å². The number of aliphatic hydroxyl groups is 1. The van der Waals surface area contributed by atoms with Gasteiger partial charge in [-0.1, -0.05) is 6.07 Å². The van der Waals surface area contributed by atoms with Crippen LogP contribution in [0.25, 0.3) is 0 Å². The number of aryl methyl sites for hydroxylation is 1. The van der Waals surface area contributed by atoms with Crippen molar-refractivity contribution in [2.75, 3.05) is 6.54 Å². The third-order valence-corrected chi connectivity index (χ3v) is 2.58. The second-order valence-electron chi connectivity index (χ2n) is 3.24. The van der Waals surface area contributed by atoms with Gasteiger partial charge in [0.1, 0.15) is 5.82 Å². The molecule has 0 fully saturated rings. The van der Waals surface area contributed by atoms with E-state index in [1.807, 2.05) is 6.92 Å². The summed E-state index contributed by atoms with van der Waals surface area (Å²) in [5, 5.41) is 9.61. The Morgan fingerprint density at radius 2 is 2.21 bits per heavy atom. The average molecular weight is 262 g/mol. The van der Waals surface area contributed by atoms with Gasteiger partial charge in [0.2, 0.25) is 0 Å². The molecule has 1 unspecified atom stereocenters. The Morgan fingerprint density at radius 1 is 1.57 bits per heavy atom. The Labute approximate surface area is 91.1 Å². The van der Waals surface area contributed by atoms with Crippen molar-refractivity contribution in [3.63, 3.8) is 0 Å². The molecule has 0 heterocycles. The van der Waals surface area contributed by atoms with Crippen LogP contribution in [0.3, 0.4) is 0 Å². The maximum absolute atomic E-state index is 13.5. The van der Waals surface area contributed by atoms with E-state index in [0.717, 1.165) is 5.56 Å². The van der Waals surface area contributed by atoms with Crippen molar-refractivity contribution < 1.29 is 9.50 Å². The second-order valence-corrected chi connectivity index (χ2v) is 4.10. The molecule has 0 aliphatic heterocycles. The highest BCUT2D eigenvalue weighted by molar-refractivity contribution is 9.10. The molecule has 0 radical (unpaired) electrons. The van der Waals surface area contributed by atoms with Gasteiger partial charge in [-0.05, 0) is 47.4 Å². The average Bonchev–Trinajstić information content (AvgIpc) is 2.11. The number of halogens is 2. The van der Waals surface area contributed by atoms with Gasteiger partial charge in [0, 0.05) is 5.56 Å². The van der Waals surface area contributed by atoms with Gasteiger partial charge in [-0.25, -0.2) is 4.39 Å². The number of aliphatic hydroxyl groups excluding tert-OH is 1. The zero-order chi connectivity index (χ0) is 10.7. The van der Waals surface area contributed by atoms with E-state index >= 15 is 0 Å². The van der Waals surface area contributed by atoms with Crippen molar-refractivity contribution in [3.8, 4) is 0 Å². The first-order chi connectivity index (χ1) is 6.56. The van der Waals surface area contributed by atoms with Crippen LogP contribution < -0.4 is 5.73 Å². The fourth-order valence-corrected chi connectivity index (χ4v) is 1.90. The van der Waals surface area contributed by atoms with Crippen LogP contribution in [0.4, 0.5) is 4.39 Å². The zero-order valence-corrected chi connectivity index (χ0v) is 9.51. The predicted molar refractivity (Wildman–Crippen MR) is 57.5 cm³/mol. The van der Waals surface area contributed by atoms with E-state index in [2.05, 4.69) is 15.9 Å². The quantitative estimate of drug-likeness (QED) is 0.877. The SMILES string of the molecule is Cc1cc(Br)c(F)c(C(O)CCN)c1. The smallest absolute Gasteiger partial charge is 0.143 e. The largest absolute Gasteiger partial charge is 0.388 e. The van der Waals surface area contributed by atoms with Gasteiger partial charge in [0.15, 0.2) is 0 Å². The van der Waals surface area contributed by atoms with Crippen LogP contribution in [0, 0.1) is 12.7 Å². The maximum atomic E-state index is 13.5. The van der Waals surface area contributed by atoms with E-state index < -0.39 is 11.9 Å². The van der Waals surface area contributed by atoms with Gasteiger partial charge in [0.25, 0.3) is 0 Å². The lowest BCUT2D eigenvalue weighted by Crippen LogP contribution is -2.08. The molecule has 14 heavy (non-hydrogen) atoms. The summed E-state index contributed by atoms with van der Waals surface area (Å²) in [5.74, 6) is -0.406. The molecule has 78 valence electrons. The summed E-state index contributed by atoms with van der Waals surface area (Å²) in [6.45, 7) is 2.19. The molecule has 0 saturated carbocycles. The first kappa shape index (κ1) is 11.6. The highest BCUT2D eigenvalue weighted by Gasteiger charge is 2.14. The number of benzene rings is 1. The van der Waals surface area contributed by atoms with Crippen molar-refractivity contribution >= 4 is 15.9 Å². The van der Waals surface area contributed by atoms with Gasteiger partial charge < -0.3 is 10.8 Å². The van der Waals surface area contributed by atoms with Gasteiger partial charge in [-0.15, -0.1) is 0 Å². The molecule has 4 heteroatoms. The molecule has 2 nitrogen and oxygen atoms in total. The Kier molecular flexibility index (Phi) is 4.04. The minimum Gasteiger partial charge on any atom is -0.388 e. The molecule has 0 aliphatic rings. The Hall–Kier alpha value is -0.450. The predicted octanol–water partition coefficient (Wildman–Crippen LogP) is 2.28. The van der Waals surface area contributed by atoms with Crippen LogP contribution in [0.2, 0.25) is 0 Å². The standard InChI is InChI=1S/C10H13BrFNO/c1-6-4-7(9(14)2-3-13)10(12)8(11)5-6/h4-5,9,14H,2-3,13H2,1H3. The fraction of sp³-hybridized carbons (Fsp3) is 0.400. The summed E-state index contributed by atoms with van der Waals surface area (Å²) in [4.78, 5) is 0. The maximum Gasteiger partial charge on any atom is 0.143 e. The lowest BCUT2D eigenvalue weighted by Gasteiger charge is -2.12. The van der Waals surface area contributed by atoms with Crippen molar-refractivity contribution in [1.82, 2.24) is 0 Å². The van der Waals surface area contributed by atoms with Crippen LogP contribution in [0.15, 0.2) is 16.6 Å². The fourth-order valence-electron chi connectivity index (χ4n) is 1.31. The molecule has 0 saturated heterocycles. The number of rotatable bonds is 3. The molecule has 1 aromatic carbocycles. The second kappa shape index (κ2) is 4.87. The monoisotopic (exact) mass is 261 g/mol. The Bertz CT molecular complexity index is 330. The molecule has 0 aliphatic carbocycles. The van der Waals surface area contributed by atoms with Gasteiger partial charge in [-0.3, -0.25) is 0 Å². The van der Waals surface area contributed by atoms with E-state index in [0.29, 0.717) is 23.0 Å². The molecule has 0 spiro atoms. The van der Waals surface area contributed by atoms with Gasteiger partial charge in [-0.2, -0.15) is 0 Å². The number of nitrogens with two attached hydrogens (primary N) is 1. The Balaban J connectivity index is 3.07. The summed E-state index contributed by atoms with van der Waals surface area (Å²) >= 11 is 3.10. The molecule has 1 atom stereocenters. The van der Waals surface area contributed by atoms with E-state index in [4.69, 9.17) is 5.73 Å². The minimum atomic E-state index is -0.823. The van der Waals surface area contributed by atoms with Crippen LogP contribution in [-0.4, -0.2) is 11.7 Å². The molecule has 0 aromatic heterocycles. The lowest BCUT2D eigenvalue weighted by atomic mass is 10.0. The highest BCUT2D eigenvalue weighted by Crippen LogP contribution is 2.27. The van der Waals surface area contributed by atoms with Crippen LogP contribution >= 0.6 is 15.9 Å². The summed E-state index contributed by atoms with van der Waals surface area (Å²) in [5.41, 5.74) is 6.51. The summed E-state index contributed by atoms with van der Waals surface area (Å²) in [6.07, 6.45) is -0.455. The van der Waals surface area contributed by atoms with E-state index in [-0.39, 0.29) is 0 Å². The van der Waals surface area contributed by atoms with Gasteiger partial charge >= 0.3 is 0 Å². The van der Waals surface area contributed by atoms with Crippen molar-refractivity contribution in [2.45, 2.75) is 19.4 Å². The third-order valence-electron chi connectivity index (χ3n) is 2.00. The lowest BCUT2D eigenvalue weighted by molar-refractivity contribution is 0.165. The zero-order valence-electron chi connectivity index (χ0n) is 7.93. The van der Waals surface area contributed by atoms with Crippen molar-refractivity contribution in [1.29, 1.82) is 0 Å². The normalized spacial score (nSPS) is 12.9. The minimum absolute atomic E-state index is 0.308. The number of hydrogen-bond donors (Lipinski definition) is 2. The van der Waals surface area contributed by atoms with Crippen molar-refractivity contribution in [2.24, 2.45) is 5.73 Å². The molecule has 1 aromatic rings. The van der Waals surface area contributed by atoms with Crippen molar-refractivity contribution in [3.05, 3.63) is 33.5 Å². The van der Waals surface area contributed by atoms with E-state index in [1.54, 1.807) is 12.1 Å². The molecular formula is C10H13BrFNO. The van der Waals surface area contributed by atoms with Crippen LogP contribution in [-0.2, 0) is 0 Å². The topological polar surface area (TPSA) is 46.2 Å². The van der Waals surface area contributed by atoms with E-state index in [9.17, 15) is 9.50 Å². The summed E-state index contributed by atoms with van der Waals surface area (Å²) in [7, 11) is 0. The molecular weight excluding hydrogens is 249 g/mol. The first-order valence-electron chi connectivity index (χ1n) is 4.40. The third kappa shape index (κ3) is 2.53. The van der Waals surface area contributed by atoms with Crippen LogP contribution in [0.5, 0.6) is 0 Å². The summed E-state index contributed by atoms with van der Waals surface area (Å²) in [6, 6.07) is 3.31. The molecule has 1 rings (SSSR count). The molecule has 0 bridgehead atoms. The van der Waals surface area contributed by atoms with Gasteiger partial charge in [0.05, 0.1) is 10.6 Å². The summed E-state index contributed by atoms with van der Waals surface area (Å²) < 4.78 is 13.9. The molecule has 0 amide bonds. The Morgan fingerprint density at radius 3 is 2.79 bits per heavy atom. The molecule has 3 N–H and O–H groups in total.